The lowest BCUT2D eigenvalue weighted by molar-refractivity contribution is -0.383. The third-order valence-corrected chi connectivity index (χ3v) is 6.11. The molecular formula is C26H21N9O4S. The quantitative estimate of drug-likeness (QED) is 0.124. The van der Waals surface area contributed by atoms with Crippen LogP contribution >= 0.6 is 11.3 Å². The molecule has 4 N–H and O–H groups in total. The van der Waals surface area contributed by atoms with Crippen molar-refractivity contribution >= 4 is 57.4 Å². The second-order valence-corrected chi connectivity index (χ2v) is 8.90. The van der Waals surface area contributed by atoms with Crippen LogP contribution in [0.25, 0.3) is 11.3 Å². The number of aromatic nitrogens is 4. The average Bonchev–Trinajstić information content (AvgIpc) is 3.42. The molecule has 200 valence electrons. The standard InChI is InChI=1S/C26H21N9O4S/c1-39-18-13-11-17(12-14-18)27-22-30-23(33-25(36)28-19-9-5-6-10-21(19)35(37)38)32-24(31-22)34-26-29-20(15-40-26)16-7-3-2-4-8-16/h2-15H,1H3,(H4,27,28,29,30,31,32,33,34,36). The molecule has 5 rings (SSSR count). The first-order valence-electron chi connectivity index (χ1n) is 11.7. The maximum absolute atomic E-state index is 12.7. The lowest BCUT2D eigenvalue weighted by atomic mass is 10.2. The first kappa shape index (κ1) is 26.0. The Balaban J connectivity index is 1.40. The van der Waals surface area contributed by atoms with Gasteiger partial charge in [0.25, 0.3) is 5.69 Å². The fourth-order valence-electron chi connectivity index (χ4n) is 3.51. The third-order valence-electron chi connectivity index (χ3n) is 5.35. The molecule has 2 aromatic heterocycles. The van der Waals surface area contributed by atoms with Crippen LogP contribution in [0.15, 0.2) is 84.2 Å². The highest BCUT2D eigenvalue weighted by Crippen LogP contribution is 2.27. The van der Waals surface area contributed by atoms with E-state index in [1.54, 1.807) is 37.4 Å². The zero-order chi connectivity index (χ0) is 27.9. The molecule has 0 atom stereocenters. The number of hydrogen-bond acceptors (Lipinski definition) is 11. The van der Waals surface area contributed by atoms with E-state index >= 15 is 0 Å². The van der Waals surface area contributed by atoms with E-state index in [9.17, 15) is 14.9 Å². The van der Waals surface area contributed by atoms with Crippen LogP contribution in [0.4, 0.5) is 44.8 Å². The van der Waals surface area contributed by atoms with Gasteiger partial charge < -0.3 is 15.4 Å². The highest BCUT2D eigenvalue weighted by Gasteiger charge is 2.17. The van der Waals surface area contributed by atoms with Gasteiger partial charge in [-0.25, -0.2) is 9.78 Å². The number of nitro groups is 1. The van der Waals surface area contributed by atoms with Crippen LogP contribution in [0.2, 0.25) is 0 Å². The Labute approximate surface area is 231 Å². The summed E-state index contributed by atoms with van der Waals surface area (Å²) in [5.41, 5.74) is 2.16. The zero-order valence-electron chi connectivity index (χ0n) is 20.9. The number of carbonyl (C=O) groups excluding carboxylic acids is 1. The van der Waals surface area contributed by atoms with Gasteiger partial charge in [-0.05, 0) is 30.3 Å². The van der Waals surface area contributed by atoms with Crippen LogP contribution in [0.3, 0.4) is 0 Å². The van der Waals surface area contributed by atoms with Crippen molar-refractivity contribution in [3.8, 4) is 17.0 Å². The number of nitrogens with one attached hydrogen (secondary N) is 4. The van der Waals surface area contributed by atoms with Gasteiger partial charge >= 0.3 is 6.03 Å². The summed E-state index contributed by atoms with van der Waals surface area (Å²) in [7, 11) is 1.57. The molecule has 40 heavy (non-hydrogen) atoms. The summed E-state index contributed by atoms with van der Waals surface area (Å²) in [6.45, 7) is 0. The maximum atomic E-state index is 12.7. The molecule has 0 aliphatic rings. The van der Waals surface area contributed by atoms with E-state index in [1.807, 2.05) is 35.7 Å². The largest absolute Gasteiger partial charge is 0.497 e. The van der Waals surface area contributed by atoms with E-state index in [2.05, 4.69) is 41.2 Å². The topological polar surface area (TPSA) is 169 Å². The molecule has 5 aromatic rings. The van der Waals surface area contributed by atoms with Crippen molar-refractivity contribution in [1.29, 1.82) is 0 Å². The van der Waals surface area contributed by atoms with Gasteiger partial charge in [-0.1, -0.05) is 42.5 Å². The normalized spacial score (nSPS) is 10.4. The van der Waals surface area contributed by atoms with E-state index in [4.69, 9.17) is 4.74 Å². The summed E-state index contributed by atoms with van der Waals surface area (Å²) in [6, 6.07) is 21.8. The summed E-state index contributed by atoms with van der Waals surface area (Å²) < 4.78 is 5.19. The van der Waals surface area contributed by atoms with Gasteiger partial charge in [0.1, 0.15) is 11.4 Å². The number of carbonyl (C=O) groups is 1. The Kier molecular flexibility index (Phi) is 7.69. The van der Waals surface area contributed by atoms with Gasteiger partial charge in [0.05, 0.1) is 17.7 Å². The average molecular weight is 556 g/mol. The van der Waals surface area contributed by atoms with Gasteiger partial charge in [-0.3, -0.25) is 20.7 Å². The van der Waals surface area contributed by atoms with Crippen LogP contribution in [0.1, 0.15) is 0 Å². The minimum absolute atomic E-state index is 0.0187. The molecule has 0 aliphatic carbocycles. The fourth-order valence-corrected chi connectivity index (χ4v) is 4.22. The molecule has 0 unspecified atom stereocenters. The fraction of sp³-hybridized carbons (Fsp3) is 0.0385. The Morgan fingerprint density at radius 1 is 0.825 bits per heavy atom. The van der Waals surface area contributed by atoms with E-state index in [0.717, 1.165) is 11.3 Å². The number of rotatable bonds is 9. The number of amides is 2. The van der Waals surface area contributed by atoms with E-state index < -0.39 is 11.0 Å². The summed E-state index contributed by atoms with van der Waals surface area (Å²) in [4.78, 5) is 41.0. The second-order valence-electron chi connectivity index (χ2n) is 8.04. The first-order chi connectivity index (χ1) is 19.5. The van der Waals surface area contributed by atoms with Crippen molar-refractivity contribution in [1.82, 2.24) is 19.9 Å². The van der Waals surface area contributed by atoms with Crippen LogP contribution in [-0.4, -0.2) is 38.0 Å². The van der Waals surface area contributed by atoms with Crippen molar-refractivity contribution in [3.05, 3.63) is 94.4 Å². The highest BCUT2D eigenvalue weighted by molar-refractivity contribution is 7.14. The van der Waals surface area contributed by atoms with Crippen molar-refractivity contribution in [2.24, 2.45) is 0 Å². The molecule has 0 spiro atoms. The molecule has 0 aliphatic heterocycles. The van der Waals surface area contributed by atoms with E-state index in [1.165, 1.54) is 29.5 Å². The molecule has 14 heteroatoms. The Hall–Kier alpha value is -5.63. The summed E-state index contributed by atoms with van der Waals surface area (Å²) >= 11 is 1.36. The van der Waals surface area contributed by atoms with E-state index in [0.29, 0.717) is 16.6 Å². The number of anilines is 6. The van der Waals surface area contributed by atoms with Gasteiger partial charge in [0.2, 0.25) is 17.8 Å². The summed E-state index contributed by atoms with van der Waals surface area (Å²) in [5.74, 6) is 0.810. The highest BCUT2D eigenvalue weighted by atomic mass is 32.1. The number of ether oxygens (including phenoxy) is 1. The smallest absolute Gasteiger partial charge is 0.326 e. The summed E-state index contributed by atoms with van der Waals surface area (Å²) in [6.07, 6.45) is 0. The molecule has 0 radical (unpaired) electrons. The number of hydrogen-bond donors (Lipinski definition) is 4. The van der Waals surface area contributed by atoms with Crippen LogP contribution in [-0.2, 0) is 0 Å². The molecule has 0 bridgehead atoms. The number of urea groups is 1. The van der Waals surface area contributed by atoms with Crippen LogP contribution < -0.4 is 26.0 Å². The Morgan fingerprint density at radius 3 is 2.23 bits per heavy atom. The molecule has 0 fully saturated rings. The first-order valence-corrected chi connectivity index (χ1v) is 12.6. The predicted octanol–water partition coefficient (Wildman–Crippen LogP) is 6.04. The maximum Gasteiger partial charge on any atom is 0.326 e. The minimum atomic E-state index is -0.776. The SMILES string of the molecule is COc1ccc(Nc2nc(NC(=O)Nc3ccccc3[N+](=O)[O-])nc(Nc3nc(-c4ccccc4)cs3)n2)cc1. The van der Waals surface area contributed by atoms with Crippen LogP contribution in [0, 0.1) is 10.1 Å². The minimum Gasteiger partial charge on any atom is -0.497 e. The van der Waals surface area contributed by atoms with Gasteiger partial charge in [0, 0.05) is 22.7 Å². The zero-order valence-corrected chi connectivity index (χ0v) is 21.7. The van der Waals surface area contributed by atoms with Crippen molar-refractivity contribution in [3.63, 3.8) is 0 Å². The predicted molar refractivity (Wildman–Crippen MR) is 153 cm³/mol. The number of para-hydroxylation sites is 2. The number of nitro benzene ring substituents is 1. The number of methoxy groups -OCH3 is 1. The van der Waals surface area contributed by atoms with Crippen molar-refractivity contribution in [2.45, 2.75) is 0 Å². The molecular weight excluding hydrogens is 534 g/mol. The third kappa shape index (κ3) is 6.43. The lowest BCUT2D eigenvalue weighted by Crippen LogP contribution is -2.22. The van der Waals surface area contributed by atoms with Crippen molar-refractivity contribution < 1.29 is 14.5 Å². The summed E-state index contributed by atoms with van der Waals surface area (Å²) in [5, 5.41) is 24.8. The number of thiazole rings is 1. The number of nitrogens with zero attached hydrogens (tertiary/aromatic N) is 5. The Morgan fingerprint density at radius 2 is 1.50 bits per heavy atom. The molecule has 3 aromatic carbocycles. The molecule has 0 saturated heterocycles. The molecule has 2 amide bonds. The lowest BCUT2D eigenvalue weighted by Gasteiger charge is -2.11. The Bertz CT molecular complexity index is 1650. The molecule has 13 nitrogen and oxygen atoms in total. The van der Waals surface area contributed by atoms with Gasteiger partial charge in [-0.2, -0.15) is 15.0 Å². The van der Waals surface area contributed by atoms with E-state index in [-0.39, 0.29) is 29.2 Å². The van der Waals surface area contributed by atoms with Gasteiger partial charge in [-0.15, -0.1) is 11.3 Å². The second kappa shape index (κ2) is 11.8. The van der Waals surface area contributed by atoms with Crippen molar-refractivity contribution in [2.75, 3.05) is 28.4 Å². The number of benzene rings is 3. The van der Waals surface area contributed by atoms with Gasteiger partial charge in [0.15, 0.2) is 5.13 Å². The monoisotopic (exact) mass is 555 g/mol. The van der Waals surface area contributed by atoms with Crippen LogP contribution in [0.5, 0.6) is 5.75 Å². The molecule has 2 heterocycles. The molecule has 0 saturated carbocycles.